The predicted octanol–water partition coefficient (Wildman–Crippen LogP) is 2.78. The number of aromatic hydroxyl groups is 1. The van der Waals surface area contributed by atoms with Gasteiger partial charge in [0.15, 0.2) is 0 Å². The number of nitrogens with one attached hydrogen (secondary N) is 2. The Labute approximate surface area is 166 Å². The van der Waals surface area contributed by atoms with E-state index >= 15 is 0 Å². The lowest BCUT2D eigenvalue weighted by Gasteiger charge is -2.51. The highest BCUT2D eigenvalue weighted by atomic mass is 16.3. The number of hydrogen-bond donors (Lipinski definition) is 3. The van der Waals surface area contributed by atoms with E-state index in [1.165, 1.54) is 11.3 Å². The van der Waals surface area contributed by atoms with Crippen molar-refractivity contribution in [1.29, 1.82) is 0 Å². The number of nitrogens with zero attached hydrogens (tertiary/aromatic N) is 1. The highest BCUT2D eigenvalue weighted by molar-refractivity contribution is 5.94. The molecule has 2 aromatic carbocycles. The van der Waals surface area contributed by atoms with Gasteiger partial charge in [-0.15, -0.1) is 0 Å². The van der Waals surface area contributed by atoms with E-state index in [9.17, 15) is 9.90 Å². The Bertz CT molecular complexity index is 875. The second-order valence-corrected chi connectivity index (χ2v) is 8.34. The van der Waals surface area contributed by atoms with Gasteiger partial charge in [-0.05, 0) is 61.6 Å². The molecule has 0 aromatic heterocycles. The number of carbonyl (C=O) groups is 1. The minimum atomic E-state index is -0.0177. The second-order valence-electron chi connectivity index (χ2n) is 8.34. The van der Waals surface area contributed by atoms with Gasteiger partial charge in [0.25, 0.3) is 5.91 Å². The number of hydrogen-bond acceptors (Lipinski definition) is 4. The summed E-state index contributed by atoms with van der Waals surface area (Å²) in [4.78, 5) is 14.7. The Balaban J connectivity index is 1.44. The van der Waals surface area contributed by atoms with E-state index in [2.05, 4.69) is 21.6 Å². The van der Waals surface area contributed by atoms with Crippen molar-refractivity contribution in [3.05, 3.63) is 58.7 Å². The molecule has 5 heteroatoms. The molecule has 2 aliphatic heterocycles. The molecule has 4 rings (SSSR count). The lowest BCUT2D eigenvalue weighted by Crippen LogP contribution is -2.62. The zero-order valence-corrected chi connectivity index (χ0v) is 16.7. The molecule has 0 radical (unpaired) electrons. The second kappa shape index (κ2) is 7.47. The quantitative estimate of drug-likeness (QED) is 0.699. The van der Waals surface area contributed by atoms with Gasteiger partial charge >= 0.3 is 0 Å². The Morgan fingerprint density at radius 3 is 2.68 bits per heavy atom. The number of phenols is 1. The molecule has 2 aliphatic rings. The van der Waals surface area contributed by atoms with Crippen molar-refractivity contribution in [2.75, 3.05) is 37.6 Å². The lowest BCUT2D eigenvalue weighted by atomic mass is 9.72. The van der Waals surface area contributed by atoms with Crippen LogP contribution in [0, 0.1) is 19.3 Å². The molecular formula is C23H29N3O2. The van der Waals surface area contributed by atoms with Gasteiger partial charge in [-0.3, -0.25) is 4.79 Å². The number of phenolic OH excluding ortho intramolecular Hbond substituents is 1. The number of carbonyl (C=O) groups excluding carboxylic acids is 1. The van der Waals surface area contributed by atoms with Crippen LogP contribution in [0.25, 0.3) is 0 Å². The van der Waals surface area contributed by atoms with Gasteiger partial charge in [0.1, 0.15) is 5.75 Å². The first-order valence-corrected chi connectivity index (χ1v) is 10.1. The van der Waals surface area contributed by atoms with Crippen LogP contribution >= 0.6 is 0 Å². The van der Waals surface area contributed by atoms with E-state index < -0.39 is 0 Å². The average Bonchev–Trinajstić information content (AvgIpc) is 2.69. The summed E-state index contributed by atoms with van der Waals surface area (Å²) in [5.74, 6) is 0.411. The molecule has 0 bridgehead atoms. The van der Waals surface area contributed by atoms with Gasteiger partial charge in [0, 0.05) is 49.4 Å². The van der Waals surface area contributed by atoms with Crippen molar-refractivity contribution in [1.82, 2.24) is 10.6 Å². The average molecular weight is 380 g/mol. The van der Waals surface area contributed by atoms with Gasteiger partial charge in [-0.2, -0.15) is 0 Å². The van der Waals surface area contributed by atoms with Crippen LogP contribution in [0.2, 0.25) is 0 Å². The van der Waals surface area contributed by atoms with Crippen LogP contribution in [0.15, 0.2) is 36.4 Å². The van der Waals surface area contributed by atoms with Crippen LogP contribution < -0.4 is 15.5 Å². The zero-order valence-electron chi connectivity index (χ0n) is 16.7. The molecule has 0 atom stereocenters. The molecule has 1 spiro atoms. The van der Waals surface area contributed by atoms with Crippen molar-refractivity contribution in [3.8, 4) is 5.75 Å². The maximum atomic E-state index is 12.2. The number of fused-ring (bicyclic) bond motifs is 1. The minimum absolute atomic E-state index is 0.0177. The number of rotatable bonds is 5. The molecule has 1 fully saturated rings. The Morgan fingerprint density at radius 2 is 2.00 bits per heavy atom. The van der Waals surface area contributed by atoms with Crippen LogP contribution in [0.1, 0.15) is 33.5 Å². The number of amides is 1. The van der Waals surface area contributed by atoms with Crippen molar-refractivity contribution in [2.45, 2.75) is 26.7 Å². The van der Waals surface area contributed by atoms with E-state index in [0.717, 1.165) is 50.1 Å². The van der Waals surface area contributed by atoms with Crippen LogP contribution in [0.5, 0.6) is 5.75 Å². The van der Waals surface area contributed by atoms with Gasteiger partial charge in [-0.25, -0.2) is 0 Å². The molecule has 1 amide bonds. The van der Waals surface area contributed by atoms with E-state index in [4.69, 9.17) is 0 Å². The summed E-state index contributed by atoms with van der Waals surface area (Å²) in [6, 6.07) is 11.5. The summed E-state index contributed by atoms with van der Waals surface area (Å²) in [5.41, 5.74) is 5.45. The van der Waals surface area contributed by atoms with E-state index in [-0.39, 0.29) is 11.3 Å². The first-order valence-electron chi connectivity index (χ1n) is 10.1. The van der Waals surface area contributed by atoms with Crippen molar-refractivity contribution < 1.29 is 9.90 Å². The molecule has 0 aliphatic carbocycles. The van der Waals surface area contributed by atoms with Crippen molar-refractivity contribution >= 4 is 11.6 Å². The summed E-state index contributed by atoms with van der Waals surface area (Å²) < 4.78 is 0. The van der Waals surface area contributed by atoms with Crippen molar-refractivity contribution in [3.63, 3.8) is 0 Å². The predicted molar refractivity (Wildman–Crippen MR) is 112 cm³/mol. The Hall–Kier alpha value is -2.53. The standard InChI is InChI=1S/C23H29N3O2/c1-16-11-20-19(17(2)21(16)27)12-23(13-24-14-23)15-26(20)10-6-9-25-22(28)18-7-4-3-5-8-18/h3-5,7-8,11,24,27H,6,9-10,12-15H2,1-2H3,(H,25,28). The number of anilines is 1. The molecule has 2 aromatic rings. The minimum Gasteiger partial charge on any atom is -0.507 e. The molecular weight excluding hydrogens is 350 g/mol. The summed E-state index contributed by atoms with van der Waals surface area (Å²) in [6.07, 6.45) is 1.91. The topological polar surface area (TPSA) is 64.6 Å². The molecule has 3 N–H and O–H groups in total. The normalized spacial score (nSPS) is 17.1. The SMILES string of the molecule is Cc1cc2c(c(C)c1O)CC1(CNC1)CN2CCCNC(=O)c1ccccc1. The fourth-order valence-corrected chi connectivity index (χ4v) is 4.50. The summed E-state index contributed by atoms with van der Waals surface area (Å²) in [5, 5.41) is 16.9. The monoisotopic (exact) mass is 379 g/mol. The molecule has 0 saturated carbocycles. The van der Waals surface area contributed by atoms with Crippen LogP contribution in [-0.2, 0) is 6.42 Å². The van der Waals surface area contributed by atoms with Crippen LogP contribution in [0.4, 0.5) is 5.69 Å². The van der Waals surface area contributed by atoms with Gasteiger partial charge in [0.05, 0.1) is 0 Å². The first kappa shape index (κ1) is 18.8. The summed E-state index contributed by atoms with van der Waals surface area (Å²) in [6.45, 7) is 8.64. The molecule has 1 saturated heterocycles. The van der Waals surface area contributed by atoms with E-state index in [1.807, 2.05) is 44.2 Å². The Morgan fingerprint density at radius 1 is 1.25 bits per heavy atom. The Kier molecular flexibility index (Phi) is 5.02. The molecule has 5 nitrogen and oxygen atoms in total. The molecule has 2 heterocycles. The third kappa shape index (κ3) is 3.47. The smallest absolute Gasteiger partial charge is 0.251 e. The van der Waals surface area contributed by atoms with Gasteiger partial charge < -0.3 is 20.6 Å². The van der Waals surface area contributed by atoms with E-state index in [0.29, 0.717) is 17.9 Å². The van der Waals surface area contributed by atoms with Crippen LogP contribution in [-0.4, -0.2) is 43.7 Å². The fourth-order valence-electron chi connectivity index (χ4n) is 4.50. The lowest BCUT2D eigenvalue weighted by molar-refractivity contribution is 0.0953. The highest BCUT2D eigenvalue weighted by Gasteiger charge is 2.43. The summed E-state index contributed by atoms with van der Waals surface area (Å²) in [7, 11) is 0. The first-order chi connectivity index (χ1) is 13.5. The number of aryl methyl sites for hydroxylation is 1. The largest absolute Gasteiger partial charge is 0.507 e. The van der Waals surface area contributed by atoms with Crippen molar-refractivity contribution in [2.24, 2.45) is 5.41 Å². The van der Waals surface area contributed by atoms with Crippen LogP contribution in [0.3, 0.4) is 0 Å². The van der Waals surface area contributed by atoms with Gasteiger partial charge in [-0.1, -0.05) is 18.2 Å². The fraction of sp³-hybridized carbons (Fsp3) is 0.435. The van der Waals surface area contributed by atoms with E-state index in [1.54, 1.807) is 0 Å². The highest BCUT2D eigenvalue weighted by Crippen LogP contribution is 2.43. The summed E-state index contributed by atoms with van der Waals surface area (Å²) >= 11 is 0. The van der Waals surface area contributed by atoms with Gasteiger partial charge in [0.2, 0.25) is 0 Å². The molecule has 28 heavy (non-hydrogen) atoms. The maximum Gasteiger partial charge on any atom is 0.251 e. The zero-order chi connectivity index (χ0) is 19.7. The third-order valence-corrected chi connectivity index (χ3v) is 6.19. The molecule has 148 valence electrons. The maximum absolute atomic E-state index is 12.2. The molecule has 0 unspecified atom stereocenters. The third-order valence-electron chi connectivity index (χ3n) is 6.19. The number of benzene rings is 2.